The highest BCUT2D eigenvalue weighted by Crippen LogP contribution is 2.41. The summed E-state index contributed by atoms with van der Waals surface area (Å²) < 4.78 is 36.7. The van der Waals surface area contributed by atoms with Gasteiger partial charge in [0, 0.05) is 62.7 Å². The topological polar surface area (TPSA) is 94.1 Å². The van der Waals surface area contributed by atoms with Crippen molar-refractivity contribution in [1.82, 2.24) is 20.2 Å². The van der Waals surface area contributed by atoms with E-state index in [-0.39, 0.29) is 42.5 Å². The average Bonchev–Trinajstić information content (AvgIpc) is 3.26. The first-order valence-corrected chi connectivity index (χ1v) is 19.4. The lowest BCUT2D eigenvalue weighted by atomic mass is 9.82. The highest BCUT2D eigenvalue weighted by molar-refractivity contribution is 5.87. The first-order chi connectivity index (χ1) is 25.0. The van der Waals surface area contributed by atoms with Gasteiger partial charge in [0.1, 0.15) is 24.4 Å². The molecule has 2 N–H and O–H groups in total. The molecule has 52 heavy (non-hydrogen) atoms. The maximum Gasteiger partial charge on any atom is 0.318 e. The first-order valence-electron chi connectivity index (χ1n) is 19.4. The van der Waals surface area contributed by atoms with Crippen molar-refractivity contribution in [2.24, 2.45) is 0 Å². The molecule has 11 heteroatoms. The fourth-order valence-electron chi connectivity index (χ4n) is 9.63. The molecule has 0 bridgehead atoms. The number of aliphatic hydroxyl groups is 1. The predicted octanol–water partition coefficient (Wildman–Crippen LogP) is 5.44. The second-order valence-corrected chi connectivity index (χ2v) is 16.3. The number of likely N-dealkylation sites (tertiary alicyclic amines) is 1. The molecule has 2 aromatic rings. The second kappa shape index (κ2) is 14.9. The number of aromatic nitrogens is 2. The van der Waals surface area contributed by atoms with Gasteiger partial charge in [0.2, 0.25) is 5.91 Å². The lowest BCUT2D eigenvalue weighted by molar-refractivity contribution is -0.117. The van der Waals surface area contributed by atoms with Crippen molar-refractivity contribution in [2.45, 2.75) is 133 Å². The largest absolute Gasteiger partial charge is 0.461 e. The fraction of sp³-hybridized carbons (Fsp3) is 0.634. The Bertz CT molecular complexity index is 1700. The first kappa shape index (κ1) is 36.6. The molecule has 1 saturated carbocycles. The van der Waals surface area contributed by atoms with Gasteiger partial charge in [0.05, 0.1) is 28.1 Å². The lowest BCUT2D eigenvalue weighted by Gasteiger charge is -2.44. The molecule has 2 saturated heterocycles. The Labute approximate surface area is 307 Å². The van der Waals surface area contributed by atoms with Crippen LogP contribution in [0.4, 0.5) is 20.3 Å². The molecule has 280 valence electrons. The molecular formula is C41H54F2N6O3. The van der Waals surface area contributed by atoms with Gasteiger partial charge in [0.25, 0.3) is 0 Å². The molecule has 0 spiro atoms. The van der Waals surface area contributed by atoms with E-state index in [1.54, 1.807) is 0 Å². The minimum absolute atomic E-state index is 0.0510. The molecule has 1 aromatic heterocycles. The monoisotopic (exact) mass is 716 g/mol. The lowest BCUT2D eigenvalue weighted by Crippen LogP contribution is -2.53. The highest BCUT2D eigenvalue weighted by atomic mass is 19.1. The summed E-state index contributed by atoms with van der Waals surface area (Å²) in [5, 5.41) is 13.7. The Kier molecular flexibility index (Phi) is 10.5. The van der Waals surface area contributed by atoms with Crippen molar-refractivity contribution in [3.8, 4) is 18.4 Å². The number of nitrogens with zero attached hydrogens (tertiary/aromatic N) is 5. The molecule has 9 nitrogen and oxygen atoms in total. The maximum absolute atomic E-state index is 15.2. The summed E-state index contributed by atoms with van der Waals surface area (Å²) in [4.78, 5) is 29.3. The number of aryl methyl sites for hydroxylation is 1. The van der Waals surface area contributed by atoms with E-state index in [0.717, 1.165) is 99.2 Å². The van der Waals surface area contributed by atoms with Crippen LogP contribution in [0.15, 0.2) is 24.8 Å². The number of fused-ring (bicyclic) bond motifs is 2. The number of hydrogen-bond acceptors (Lipinski definition) is 8. The predicted molar refractivity (Wildman–Crippen MR) is 199 cm³/mol. The van der Waals surface area contributed by atoms with Crippen molar-refractivity contribution < 1.29 is 23.4 Å². The smallest absolute Gasteiger partial charge is 0.318 e. The number of ether oxygens (including phenoxy) is 1. The van der Waals surface area contributed by atoms with Crippen LogP contribution in [0, 0.1) is 18.2 Å². The van der Waals surface area contributed by atoms with Gasteiger partial charge >= 0.3 is 6.01 Å². The van der Waals surface area contributed by atoms with Gasteiger partial charge in [0.15, 0.2) is 0 Å². The molecule has 4 heterocycles. The van der Waals surface area contributed by atoms with Crippen molar-refractivity contribution in [1.29, 1.82) is 0 Å². The van der Waals surface area contributed by atoms with Crippen LogP contribution in [0.5, 0.6) is 6.01 Å². The summed E-state index contributed by atoms with van der Waals surface area (Å²) in [5.41, 5.74) is 3.01. The summed E-state index contributed by atoms with van der Waals surface area (Å²) in [6.07, 6.45) is 16.5. The van der Waals surface area contributed by atoms with Crippen LogP contribution in [0.1, 0.15) is 100 Å². The number of carbonyl (C=O) groups excluding carboxylic acids is 1. The minimum atomic E-state index is -0.957. The molecule has 3 fully saturated rings. The van der Waals surface area contributed by atoms with Crippen LogP contribution in [0.2, 0.25) is 0 Å². The van der Waals surface area contributed by atoms with Gasteiger partial charge in [-0.25, -0.2) is 8.78 Å². The second-order valence-electron chi connectivity index (χ2n) is 16.3. The Balaban J connectivity index is 1.19. The van der Waals surface area contributed by atoms with Crippen LogP contribution in [-0.2, 0) is 24.1 Å². The van der Waals surface area contributed by atoms with E-state index in [1.165, 1.54) is 12.1 Å². The standard InChI is InChI=1S/C41H54F2N6O3/c1-5-32-34(43)15-12-27-10-9-21-48(37(27)32)31-13-14-33-35(22-31)45-39(46-38(33)47-20-8-7-11-29(25-47)44-36(50)6-2)52-26-40(3)23-28(42)24-49(40)30-16-18-41(4,51)19-17-30/h1,6,12,15,28-31,51H,2,7-11,13-14,16-26H2,3-4H3,(H,44,50)/t28-,29?,30?,31+,40+,41?/m1/s1. The van der Waals surface area contributed by atoms with E-state index >= 15 is 8.78 Å². The number of rotatable bonds is 8. The zero-order valence-corrected chi connectivity index (χ0v) is 30.8. The normalized spacial score (nSPS) is 30.8. The van der Waals surface area contributed by atoms with E-state index in [4.69, 9.17) is 21.1 Å². The van der Waals surface area contributed by atoms with Crippen molar-refractivity contribution >= 4 is 17.4 Å². The number of carbonyl (C=O) groups is 1. The number of halogens is 2. The van der Waals surface area contributed by atoms with Gasteiger partial charge in [-0.05, 0) is 102 Å². The SMILES string of the molecule is C#Cc1c(F)ccc2c1N([C@H]1CCc3c(nc(OC[C@]4(C)C[C@@H](F)CN4C4CCC(C)(O)CC4)nc3N3CCCCC(NC(=O)C=C)C3)C1)CCC2. The Morgan fingerprint density at radius 1 is 1.12 bits per heavy atom. The third-order valence-corrected chi connectivity index (χ3v) is 12.4. The van der Waals surface area contributed by atoms with Gasteiger partial charge in [-0.1, -0.05) is 18.6 Å². The molecular weight excluding hydrogens is 662 g/mol. The molecule has 1 unspecified atom stereocenters. The summed E-state index contributed by atoms with van der Waals surface area (Å²) >= 11 is 0. The van der Waals surface area contributed by atoms with Gasteiger partial charge < -0.3 is 25.0 Å². The third kappa shape index (κ3) is 7.52. The molecule has 1 amide bonds. The molecule has 2 aliphatic carbocycles. The summed E-state index contributed by atoms with van der Waals surface area (Å²) in [5.74, 6) is 2.91. The van der Waals surface area contributed by atoms with E-state index in [0.29, 0.717) is 44.3 Å². The maximum atomic E-state index is 15.2. The molecule has 1 aromatic carbocycles. The van der Waals surface area contributed by atoms with E-state index in [1.807, 2.05) is 13.0 Å². The van der Waals surface area contributed by atoms with Crippen LogP contribution in [0.3, 0.4) is 0 Å². The number of terminal acetylenes is 1. The van der Waals surface area contributed by atoms with Crippen LogP contribution < -0.4 is 19.9 Å². The van der Waals surface area contributed by atoms with E-state index in [2.05, 4.69) is 39.4 Å². The number of hydrogen-bond donors (Lipinski definition) is 2. The number of nitrogens with one attached hydrogen (secondary N) is 1. The average molecular weight is 717 g/mol. The Morgan fingerprint density at radius 3 is 2.69 bits per heavy atom. The van der Waals surface area contributed by atoms with Crippen molar-refractivity contribution in [3.05, 3.63) is 53.0 Å². The third-order valence-electron chi connectivity index (χ3n) is 12.4. The van der Waals surface area contributed by atoms with Gasteiger partial charge in [-0.15, -0.1) is 6.42 Å². The summed E-state index contributed by atoms with van der Waals surface area (Å²) in [6, 6.07) is 3.82. The Morgan fingerprint density at radius 2 is 1.92 bits per heavy atom. The zero-order valence-electron chi connectivity index (χ0n) is 30.8. The van der Waals surface area contributed by atoms with Gasteiger partial charge in [-0.3, -0.25) is 9.69 Å². The molecule has 7 rings (SSSR count). The van der Waals surface area contributed by atoms with Crippen LogP contribution in [0.25, 0.3) is 0 Å². The van der Waals surface area contributed by atoms with Crippen LogP contribution >= 0.6 is 0 Å². The number of alkyl halides is 1. The number of amides is 1. The summed E-state index contributed by atoms with van der Waals surface area (Å²) in [7, 11) is 0. The quantitative estimate of drug-likeness (QED) is 0.276. The highest BCUT2D eigenvalue weighted by Gasteiger charge is 2.48. The van der Waals surface area contributed by atoms with Gasteiger partial charge in [-0.2, -0.15) is 9.97 Å². The number of anilines is 2. The number of benzene rings is 1. The minimum Gasteiger partial charge on any atom is -0.461 e. The van der Waals surface area contributed by atoms with Crippen LogP contribution in [-0.4, -0.2) is 94.1 Å². The molecule has 0 radical (unpaired) electrons. The fourth-order valence-corrected chi connectivity index (χ4v) is 9.63. The van der Waals surface area contributed by atoms with Crippen molar-refractivity contribution in [2.75, 3.05) is 42.6 Å². The molecule has 3 aliphatic heterocycles. The van der Waals surface area contributed by atoms with E-state index < -0.39 is 17.3 Å². The zero-order chi connectivity index (χ0) is 36.6. The summed E-state index contributed by atoms with van der Waals surface area (Å²) in [6.45, 7) is 10.4. The van der Waals surface area contributed by atoms with Crippen molar-refractivity contribution in [3.63, 3.8) is 0 Å². The molecule has 5 aliphatic rings. The Hall–Kier alpha value is -3.75. The van der Waals surface area contributed by atoms with E-state index in [9.17, 15) is 9.90 Å². The molecule has 4 atom stereocenters.